The van der Waals surface area contributed by atoms with Gasteiger partial charge in [0.15, 0.2) is 0 Å². The summed E-state index contributed by atoms with van der Waals surface area (Å²) in [6.07, 6.45) is 10.2. The quantitative estimate of drug-likeness (QED) is 0.341. The van der Waals surface area contributed by atoms with E-state index >= 15 is 0 Å². The highest BCUT2D eigenvalue weighted by atomic mass is 15.2. The molecular weight excluding hydrogens is 346 g/mol. The fourth-order valence-corrected chi connectivity index (χ4v) is 5.48. The maximum absolute atomic E-state index is 8.70. The molecule has 2 aromatic rings. The molecule has 1 aromatic heterocycles. The zero-order chi connectivity index (χ0) is 19.5. The van der Waals surface area contributed by atoms with E-state index in [1.165, 1.54) is 62.5 Å². The number of fused-ring (bicyclic) bond motifs is 1. The van der Waals surface area contributed by atoms with E-state index in [2.05, 4.69) is 63.8 Å². The number of para-hydroxylation sites is 1. The van der Waals surface area contributed by atoms with Crippen molar-refractivity contribution in [2.45, 2.75) is 71.0 Å². The minimum Gasteiger partial charge on any atom is -0.344 e. The van der Waals surface area contributed by atoms with Crippen molar-refractivity contribution in [1.29, 1.82) is 0 Å². The molecule has 2 aliphatic rings. The Labute approximate surface area is 168 Å². The first-order valence-electron chi connectivity index (χ1n) is 11.0. The number of rotatable bonds is 5. The number of piperidine rings is 1. The Morgan fingerprint density at radius 3 is 2.43 bits per heavy atom. The van der Waals surface area contributed by atoms with E-state index in [0.717, 1.165) is 23.4 Å². The van der Waals surface area contributed by atoms with Crippen LogP contribution in [0.25, 0.3) is 21.3 Å². The van der Waals surface area contributed by atoms with Crippen LogP contribution in [0.2, 0.25) is 0 Å². The first kappa shape index (κ1) is 19.4. The normalized spacial score (nSPS) is 24.5. The molecule has 1 saturated heterocycles. The van der Waals surface area contributed by atoms with E-state index in [0.29, 0.717) is 12.6 Å². The minimum atomic E-state index is 0.432. The molecule has 2 heterocycles. The summed E-state index contributed by atoms with van der Waals surface area (Å²) < 4.78 is 2.45. The van der Waals surface area contributed by atoms with Gasteiger partial charge in [0, 0.05) is 47.2 Å². The number of hydrogen-bond acceptors (Lipinski definition) is 2. The third-order valence-corrected chi connectivity index (χ3v) is 7.22. The molecule has 0 amide bonds. The minimum absolute atomic E-state index is 0.432. The molecule has 5 nitrogen and oxygen atoms in total. The zero-order valence-electron chi connectivity index (χ0n) is 17.3. The molecule has 2 fully saturated rings. The van der Waals surface area contributed by atoms with Gasteiger partial charge in [0.05, 0.1) is 6.54 Å². The SMILES string of the molecule is CC(C)C1CCC(N2CCC(n3cc(CN=[N+]=[N-])c4ccccc43)CC2)CC1. The van der Waals surface area contributed by atoms with E-state index in [-0.39, 0.29) is 0 Å². The molecule has 0 N–H and O–H groups in total. The van der Waals surface area contributed by atoms with Crippen LogP contribution in [0.3, 0.4) is 0 Å². The molecule has 0 radical (unpaired) electrons. The summed E-state index contributed by atoms with van der Waals surface area (Å²) in [6, 6.07) is 9.89. The number of likely N-dealkylation sites (tertiary alicyclic amines) is 1. The van der Waals surface area contributed by atoms with Gasteiger partial charge in [0.25, 0.3) is 0 Å². The van der Waals surface area contributed by atoms with Crippen molar-refractivity contribution in [2.75, 3.05) is 13.1 Å². The van der Waals surface area contributed by atoms with Crippen LogP contribution in [-0.2, 0) is 6.54 Å². The van der Waals surface area contributed by atoms with E-state index in [1.54, 1.807) is 0 Å². The Bertz CT molecular complexity index is 832. The van der Waals surface area contributed by atoms with Crippen molar-refractivity contribution in [1.82, 2.24) is 9.47 Å². The largest absolute Gasteiger partial charge is 0.344 e. The third-order valence-electron chi connectivity index (χ3n) is 7.22. The highest BCUT2D eigenvalue weighted by Crippen LogP contribution is 2.36. The number of hydrogen-bond donors (Lipinski definition) is 0. The van der Waals surface area contributed by atoms with Gasteiger partial charge >= 0.3 is 0 Å². The van der Waals surface area contributed by atoms with Gasteiger partial charge in [-0.15, -0.1) is 0 Å². The van der Waals surface area contributed by atoms with E-state index < -0.39 is 0 Å². The fourth-order valence-electron chi connectivity index (χ4n) is 5.48. The lowest BCUT2D eigenvalue weighted by Crippen LogP contribution is -2.43. The summed E-state index contributed by atoms with van der Waals surface area (Å²) >= 11 is 0. The predicted octanol–water partition coefficient (Wildman–Crippen LogP) is 6.30. The second-order valence-corrected chi connectivity index (χ2v) is 9.05. The van der Waals surface area contributed by atoms with Crippen LogP contribution in [0.5, 0.6) is 0 Å². The van der Waals surface area contributed by atoms with Gasteiger partial charge in [0.2, 0.25) is 0 Å². The van der Waals surface area contributed by atoms with Gasteiger partial charge in [-0.05, 0) is 67.5 Å². The molecule has 0 unspecified atom stereocenters. The van der Waals surface area contributed by atoms with Gasteiger partial charge < -0.3 is 9.47 Å². The Kier molecular flexibility index (Phi) is 5.93. The summed E-state index contributed by atoms with van der Waals surface area (Å²) in [5.41, 5.74) is 11.1. The lowest BCUT2D eigenvalue weighted by molar-refractivity contribution is 0.0894. The van der Waals surface area contributed by atoms with Crippen molar-refractivity contribution in [3.05, 3.63) is 46.5 Å². The van der Waals surface area contributed by atoms with Gasteiger partial charge in [0.1, 0.15) is 0 Å². The van der Waals surface area contributed by atoms with Crippen molar-refractivity contribution in [3.8, 4) is 0 Å². The summed E-state index contributed by atoms with van der Waals surface area (Å²) in [6.45, 7) is 7.61. The fraction of sp³-hybridized carbons (Fsp3) is 0.652. The summed E-state index contributed by atoms with van der Waals surface area (Å²) in [4.78, 5) is 5.71. The van der Waals surface area contributed by atoms with E-state index in [4.69, 9.17) is 5.53 Å². The predicted molar refractivity (Wildman–Crippen MR) is 115 cm³/mol. The number of nitrogens with zero attached hydrogens (tertiary/aromatic N) is 5. The molecule has 1 saturated carbocycles. The Morgan fingerprint density at radius 1 is 1.04 bits per heavy atom. The lowest BCUT2D eigenvalue weighted by Gasteiger charge is -2.42. The van der Waals surface area contributed by atoms with Crippen LogP contribution in [-0.4, -0.2) is 28.6 Å². The Morgan fingerprint density at radius 2 is 1.75 bits per heavy atom. The Hall–Kier alpha value is -1.97. The molecule has 0 atom stereocenters. The second-order valence-electron chi connectivity index (χ2n) is 9.05. The van der Waals surface area contributed by atoms with E-state index in [1.807, 2.05) is 0 Å². The van der Waals surface area contributed by atoms with Crippen LogP contribution in [0.1, 0.15) is 64.0 Å². The zero-order valence-corrected chi connectivity index (χ0v) is 17.3. The van der Waals surface area contributed by atoms with E-state index in [9.17, 15) is 0 Å². The number of aromatic nitrogens is 1. The van der Waals surface area contributed by atoms with Crippen LogP contribution in [0, 0.1) is 11.8 Å². The van der Waals surface area contributed by atoms with Crippen molar-refractivity contribution in [3.63, 3.8) is 0 Å². The summed E-state index contributed by atoms with van der Waals surface area (Å²) in [5, 5.41) is 5.03. The number of benzene rings is 1. The van der Waals surface area contributed by atoms with Crippen LogP contribution in [0.15, 0.2) is 35.6 Å². The number of azide groups is 1. The standard InChI is InChI=1S/C23H33N5/c1-17(2)18-7-9-20(10-8-18)27-13-11-21(12-14-27)28-16-19(15-25-26-24)22-5-3-4-6-23(22)28/h3-6,16-18,20-21H,7-15H2,1-2H3. The van der Waals surface area contributed by atoms with Gasteiger partial charge in [-0.25, -0.2) is 0 Å². The van der Waals surface area contributed by atoms with Crippen molar-refractivity contribution >= 4 is 10.9 Å². The van der Waals surface area contributed by atoms with Gasteiger partial charge in [-0.1, -0.05) is 37.2 Å². The summed E-state index contributed by atoms with van der Waals surface area (Å²) in [5.74, 6) is 1.78. The average molecular weight is 380 g/mol. The maximum atomic E-state index is 8.70. The smallest absolute Gasteiger partial charge is 0.0532 e. The molecule has 150 valence electrons. The molecule has 0 bridgehead atoms. The van der Waals surface area contributed by atoms with Gasteiger partial charge in [-0.2, -0.15) is 0 Å². The molecule has 5 heteroatoms. The summed E-state index contributed by atoms with van der Waals surface area (Å²) in [7, 11) is 0. The van der Waals surface area contributed by atoms with Crippen LogP contribution in [0.4, 0.5) is 0 Å². The third kappa shape index (κ3) is 3.92. The Balaban J connectivity index is 1.42. The molecule has 4 rings (SSSR count). The molecule has 28 heavy (non-hydrogen) atoms. The molecule has 1 aromatic carbocycles. The monoisotopic (exact) mass is 379 g/mol. The maximum Gasteiger partial charge on any atom is 0.0532 e. The van der Waals surface area contributed by atoms with Crippen LogP contribution >= 0.6 is 0 Å². The first-order valence-corrected chi connectivity index (χ1v) is 11.0. The molecule has 1 aliphatic heterocycles. The lowest BCUT2D eigenvalue weighted by atomic mass is 9.79. The molecule has 1 aliphatic carbocycles. The highest BCUT2D eigenvalue weighted by molar-refractivity contribution is 5.84. The molecular formula is C23H33N5. The second kappa shape index (κ2) is 8.59. The topological polar surface area (TPSA) is 56.9 Å². The molecule has 0 spiro atoms. The van der Waals surface area contributed by atoms with Crippen LogP contribution < -0.4 is 0 Å². The first-order chi connectivity index (χ1) is 13.7. The van der Waals surface area contributed by atoms with Crippen molar-refractivity contribution in [2.24, 2.45) is 17.0 Å². The average Bonchev–Trinajstić information content (AvgIpc) is 3.11. The highest BCUT2D eigenvalue weighted by Gasteiger charge is 2.30. The van der Waals surface area contributed by atoms with Crippen molar-refractivity contribution < 1.29 is 0 Å². The van der Waals surface area contributed by atoms with Gasteiger partial charge in [-0.3, -0.25) is 0 Å².